The van der Waals surface area contributed by atoms with Crippen LogP contribution < -0.4 is 4.74 Å². The van der Waals surface area contributed by atoms with E-state index in [0.29, 0.717) is 37.5 Å². The number of rotatable bonds is 7. The number of aryl methyl sites for hydroxylation is 1. The second-order valence-electron chi connectivity index (χ2n) is 8.82. The molecule has 178 valence electrons. The minimum atomic E-state index is -3.48. The summed E-state index contributed by atoms with van der Waals surface area (Å²) in [6, 6.07) is 15.2. The van der Waals surface area contributed by atoms with E-state index >= 15 is 0 Å². The molecule has 0 unspecified atom stereocenters. The standard InChI is InChI=1S/C25H33N3O4S/c1-21-18-23(33(30,31)28-12-6-3-7-13-28)10-11-24(21)32-20-25(29)27-16-14-26(15-17-27)19-22-8-4-2-5-9-22/h2,4-5,8-11,18H,3,6-7,12-17,19-20H2,1H3. The Bertz CT molecular complexity index is 1040. The SMILES string of the molecule is Cc1cc(S(=O)(=O)N2CCCCC2)ccc1OCC(=O)N1CCN(Cc2ccccc2)CC1. The molecular weight excluding hydrogens is 438 g/mol. The molecule has 0 aliphatic carbocycles. The third-order valence-electron chi connectivity index (χ3n) is 6.42. The molecule has 2 aliphatic heterocycles. The van der Waals surface area contributed by atoms with Gasteiger partial charge in [-0.2, -0.15) is 4.31 Å². The van der Waals surface area contributed by atoms with Crippen molar-refractivity contribution in [1.82, 2.24) is 14.1 Å². The molecule has 2 aromatic rings. The van der Waals surface area contributed by atoms with Crippen molar-refractivity contribution in [3.63, 3.8) is 0 Å². The lowest BCUT2D eigenvalue weighted by atomic mass is 10.2. The van der Waals surface area contributed by atoms with Gasteiger partial charge in [0.25, 0.3) is 5.91 Å². The number of piperazine rings is 1. The van der Waals surface area contributed by atoms with Crippen LogP contribution in [0.3, 0.4) is 0 Å². The number of piperidine rings is 1. The summed E-state index contributed by atoms with van der Waals surface area (Å²) < 4.78 is 33.1. The summed E-state index contributed by atoms with van der Waals surface area (Å²) in [6.07, 6.45) is 2.89. The van der Waals surface area contributed by atoms with E-state index in [2.05, 4.69) is 17.0 Å². The molecule has 4 rings (SSSR count). The molecule has 2 aliphatic rings. The Hall–Kier alpha value is -2.42. The van der Waals surface area contributed by atoms with Crippen molar-refractivity contribution in [2.75, 3.05) is 45.9 Å². The highest BCUT2D eigenvalue weighted by Crippen LogP contribution is 2.26. The largest absolute Gasteiger partial charge is 0.483 e. The zero-order valence-electron chi connectivity index (χ0n) is 19.3. The van der Waals surface area contributed by atoms with Crippen LogP contribution in [0.5, 0.6) is 5.75 Å². The lowest BCUT2D eigenvalue weighted by molar-refractivity contribution is -0.135. The monoisotopic (exact) mass is 471 g/mol. The number of hydrogen-bond acceptors (Lipinski definition) is 5. The highest BCUT2D eigenvalue weighted by Gasteiger charge is 2.26. The summed E-state index contributed by atoms with van der Waals surface area (Å²) in [7, 11) is -3.48. The summed E-state index contributed by atoms with van der Waals surface area (Å²) in [5, 5.41) is 0. The molecule has 0 saturated carbocycles. The maximum absolute atomic E-state index is 12.9. The molecule has 33 heavy (non-hydrogen) atoms. The normalized spacial score (nSPS) is 18.3. The lowest BCUT2D eigenvalue weighted by Gasteiger charge is -2.34. The molecule has 0 bridgehead atoms. The first-order valence-corrected chi connectivity index (χ1v) is 13.2. The van der Waals surface area contributed by atoms with Crippen molar-refractivity contribution in [1.29, 1.82) is 0 Å². The smallest absolute Gasteiger partial charge is 0.260 e. The molecule has 1 amide bonds. The predicted molar refractivity (Wildman–Crippen MR) is 128 cm³/mol. The zero-order chi connectivity index (χ0) is 23.3. The Labute approximate surface area is 197 Å². The molecule has 2 heterocycles. The first-order chi connectivity index (χ1) is 15.9. The minimum Gasteiger partial charge on any atom is -0.483 e. The van der Waals surface area contributed by atoms with Gasteiger partial charge >= 0.3 is 0 Å². The predicted octanol–water partition coefficient (Wildman–Crippen LogP) is 2.89. The Morgan fingerprint density at radius 3 is 2.27 bits per heavy atom. The van der Waals surface area contributed by atoms with E-state index in [-0.39, 0.29) is 17.4 Å². The second kappa shape index (κ2) is 10.7. The van der Waals surface area contributed by atoms with E-state index < -0.39 is 10.0 Å². The molecule has 8 heteroatoms. The Kier molecular flexibility index (Phi) is 7.67. The summed E-state index contributed by atoms with van der Waals surface area (Å²) in [5.41, 5.74) is 2.00. The molecule has 0 aromatic heterocycles. The molecule has 0 N–H and O–H groups in total. The van der Waals surface area contributed by atoms with Gasteiger partial charge in [-0.05, 0) is 49.1 Å². The number of ether oxygens (including phenoxy) is 1. The van der Waals surface area contributed by atoms with E-state index in [1.807, 2.05) is 30.0 Å². The maximum Gasteiger partial charge on any atom is 0.260 e. The molecule has 0 radical (unpaired) electrons. The van der Waals surface area contributed by atoms with Crippen LogP contribution in [0.1, 0.15) is 30.4 Å². The van der Waals surface area contributed by atoms with Crippen LogP contribution in [-0.4, -0.2) is 74.3 Å². The van der Waals surface area contributed by atoms with Crippen molar-refractivity contribution in [3.05, 3.63) is 59.7 Å². The van der Waals surface area contributed by atoms with E-state index in [1.54, 1.807) is 22.5 Å². The van der Waals surface area contributed by atoms with Crippen molar-refractivity contribution < 1.29 is 17.9 Å². The van der Waals surface area contributed by atoms with Gasteiger partial charge in [0.05, 0.1) is 4.90 Å². The Morgan fingerprint density at radius 1 is 0.909 bits per heavy atom. The van der Waals surface area contributed by atoms with Crippen LogP contribution in [0.15, 0.2) is 53.4 Å². The fourth-order valence-corrected chi connectivity index (χ4v) is 6.03. The number of sulfonamides is 1. The molecule has 0 spiro atoms. The van der Waals surface area contributed by atoms with Gasteiger partial charge in [-0.1, -0.05) is 36.8 Å². The molecule has 2 fully saturated rings. The summed E-state index contributed by atoms with van der Waals surface area (Å²) in [4.78, 5) is 17.1. The van der Waals surface area contributed by atoms with E-state index in [9.17, 15) is 13.2 Å². The molecule has 7 nitrogen and oxygen atoms in total. The number of benzene rings is 2. The zero-order valence-corrected chi connectivity index (χ0v) is 20.1. The second-order valence-corrected chi connectivity index (χ2v) is 10.8. The fraction of sp³-hybridized carbons (Fsp3) is 0.480. The van der Waals surface area contributed by atoms with Gasteiger partial charge in [-0.25, -0.2) is 8.42 Å². The Balaban J connectivity index is 1.28. The van der Waals surface area contributed by atoms with Crippen LogP contribution in [0, 0.1) is 6.92 Å². The van der Waals surface area contributed by atoms with Crippen LogP contribution in [0.25, 0.3) is 0 Å². The number of carbonyl (C=O) groups excluding carboxylic acids is 1. The minimum absolute atomic E-state index is 0.0428. The average Bonchev–Trinajstić information content (AvgIpc) is 2.84. The highest BCUT2D eigenvalue weighted by molar-refractivity contribution is 7.89. The van der Waals surface area contributed by atoms with Crippen molar-refractivity contribution >= 4 is 15.9 Å². The Morgan fingerprint density at radius 2 is 1.61 bits per heavy atom. The maximum atomic E-state index is 12.9. The van der Waals surface area contributed by atoms with E-state index in [1.165, 1.54) is 5.56 Å². The van der Waals surface area contributed by atoms with Gasteiger partial charge in [-0.3, -0.25) is 9.69 Å². The van der Waals surface area contributed by atoms with Gasteiger partial charge < -0.3 is 9.64 Å². The summed E-state index contributed by atoms with van der Waals surface area (Å²) in [5.74, 6) is 0.502. The lowest BCUT2D eigenvalue weighted by Crippen LogP contribution is -2.49. The number of carbonyl (C=O) groups is 1. The summed E-state index contributed by atoms with van der Waals surface area (Å²) >= 11 is 0. The average molecular weight is 472 g/mol. The van der Waals surface area contributed by atoms with Crippen molar-refractivity contribution in [2.45, 2.75) is 37.6 Å². The first-order valence-electron chi connectivity index (χ1n) is 11.7. The number of hydrogen-bond donors (Lipinski definition) is 0. The van der Waals surface area contributed by atoms with Gasteiger partial charge in [0.1, 0.15) is 5.75 Å². The van der Waals surface area contributed by atoms with Gasteiger partial charge in [0.15, 0.2) is 6.61 Å². The first kappa shape index (κ1) is 23.7. The molecule has 0 atom stereocenters. The van der Waals surface area contributed by atoms with Crippen molar-refractivity contribution in [2.24, 2.45) is 0 Å². The van der Waals surface area contributed by atoms with E-state index in [0.717, 1.165) is 38.9 Å². The third-order valence-corrected chi connectivity index (χ3v) is 8.32. The molecule has 2 saturated heterocycles. The van der Waals surface area contributed by atoms with Crippen LogP contribution >= 0.6 is 0 Å². The van der Waals surface area contributed by atoms with Gasteiger partial charge in [-0.15, -0.1) is 0 Å². The number of nitrogens with zero attached hydrogens (tertiary/aromatic N) is 3. The van der Waals surface area contributed by atoms with Crippen LogP contribution in [0.4, 0.5) is 0 Å². The van der Waals surface area contributed by atoms with Gasteiger partial charge in [0.2, 0.25) is 10.0 Å². The fourth-order valence-electron chi connectivity index (χ4n) is 4.43. The van der Waals surface area contributed by atoms with Gasteiger partial charge in [0, 0.05) is 45.8 Å². The quantitative estimate of drug-likeness (QED) is 0.621. The summed E-state index contributed by atoms with van der Waals surface area (Å²) in [6.45, 7) is 6.85. The third kappa shape index (κ3) is 5.93. The molecule has 2 aromatic carbocycles. The van der Waals surface area contributed by atoms with Crippen LogP contribution in [0.2, 0.25) is 0 Å². The number of amides is 1. The van der Waals surface area contributed by atoms with Crippen LogP contribution in [-0.2, 0) is 21.4 Å². The highest BCUT2D eigenvalue weighted by atomic mass is 32.2. The van der Waals surface area contributed by atoms with E-state index in [4.69, 9.17) is 4.74 Å². The topological polar surface area (TPSA) is 70.2 Å². The van der Waals surface area contributed by atoms with Crippen molar-refractivity contribution in [3.8, 4) is 5.75 Å². The molecular formula is C25H33N3O4S.